The van der Waals surface area contributed by atoms with Gasteiger partial charge in [0.2, 0.25) is 0 Å². The summed E-state index contributed by atoms with van der Waals surface area (Å²) < 4.78 is 51.8. The summed E-state index contributed by atoms with van der Waals surface area (Å²) in [4.78, 5) is 14.4. The van der Waals surface area contributed by atoms with Gasteiger partial charge in [-0.3, -0.25) is 4.98 Å². The SMILES string of the molecule is O=C(O)c1cc(-c2cnccc2C(F)(F)F)ccc1F. The van der Waals surface area contributed by atoms with Crippen LogP contribution in [0, 0.1) is 5.82 Å². The van der Waals surface area contributed by atoms with Gasteiger partial charge in [-0.2, -0.15) is 13.2 Å². The number of halogens is 4. The molecule has 2 rings (SSSR count). The van der Waals surface area contributed by atoms with Gasteiger partial charge in [0.25, 0.3) is 0 Å². The van der Waals surface area contributed by atoms with Crippen molar-refractivity contribution in [2.24, 2.45) is 0 Å². The molecule has 0 bridgehead atoms. The van der Waals surface area contributed by atoms with Gasteiger partial charge in [-0.05, 0) is 23.8 Å². The Kier molecular flexibility index (Phi) is 3.44. The summed E-state index contributed by atoms with van der Waals surface area (Å²) in [6, 6.07) is 3.52. The van der Waals surface area contributed by atoms with Crippen molar-refractivity contribution in [3.05, 3.63) is 53.6 Å². The molecule has 0 radical (unpaired) electrons. The number of rotatable bonds is 2. The Balaban J connectivity index is 2.64. The van der Waals surface area contributed by atoms with Crippen molar-refractivity contribution in [2.45, 2.75) is 6.18 Å². The molecule has 0 unspecified atom stereocenters. The van der Waals surface area contributed by atoms with Gasteiger partial charge in [0.05, 0.1) is 11.1 Å². The predicted molar refractivity (Wildman–Crippen MR) is 61.6 cm³/mol. The molecule has 1 aromatic heterocycles. The van der Waals surface area contributed by atoms with Crippen LogP contribution in [-0.4, -0.2) is 16.1 Å². The molecule has 7 heteroatoms. The first-order valence-corrected chi connectivity index (χ1v) is 5.35. The number of alkyl halides is 3. The number of carbonyl (C=O) groups is 1. The third-order valence-electron chi connectivity index (χ3n) is 2.63. The molecule has 0 saturated carbocycles. The average Bonchev–Trinajstić information content (AvgIpc) is 2.38. The van der Waals surface area contributed by atoms with Crippen molar-refractivity contribution in [3.8, 4) is 11.1 Å². The van der Waals surface area contributed by atoms with E-state index in [4.69, 9.17) is 5.11 Å². The molecular formula is C13H7F4NO2. The molecule has 1 heterocycles. The lowest BCUT2D eigenvalue weighted by molar-refractivity contribution is -0.137. The van der Waals surface area contributed by atoms with E-state index in [-0.39, 0.29) is 11.1 Å². The van der Waals surface area contributed by atoms with Crippen LogP contribution in [0.4, 0.5) is 17.6 Å². The molecule has 0 spiro atoms. The van der Waals surface area contributed by atoms with Gasteiger partial charge in [-0.15, -0.1) is 0 Å². The number of hydrogen-bond acceptors (Lipinski definition) is 2. The van der Waals surface area contributed by atoms with Crippen LogP contribution in [0.3, 0.4) is 0 Å². The molecule has 0 aliphatic rings. The number of nitrogens with zero attached hydrogens (tertiary/aromatic N) is 1. The van der Waals surface area contributed by atoms with Crippen molar-refractivity contribution in [1.29, 1.82) is 0 Å². The van der Waals surface area contributed by atoms with E-state index in [9.17, 15) is 22.4 Å². The molecule has 0 saturated heterocycles. The van der Waals surface area contributed by atoms with E-state index in [0.29, 0.717) is 0 Å². The van der Waals surface area contributed by atoms with Gasteiger partial charge in [0, 0.05) is 18.0 Å². The van der Waals surface area contributed by atoms with Crippen molar-refractivity contribution in [1.82, 2.24) is 4.98 Å². The smallest absolute Gasteiger partial charge is 0.417 e. The number of benzene rings is 1. The summed E-state index contributed by atoms with van der Waals surface area (Å²) in [6.07, 6.45) is -2.67. The van der Waals surface area contributed by atoms with Gasteiger partial charge in [-0.1, -0.05) is 6.07 Å². The van der Waals surface area contributed by atoms with Gasteiger partial charge in [0.1, 0.15) is 5.82 Å². The number of carboxylic acid groups (broad SMARTS) is 1. The Bertz CT molecular complexity index is 668. The molecule has 2 aromatic rings. The van der Waals surface area contributed by atoms with Crippen molar-refractivity contribution >= 4 is 5.97 Å². The second kappa shape index (κ2) is 4.92. The summed E-state index contributed by atoms with van der Waals surface area (Å²) in [5.74, 6) is -2.57. The minimum Gasteiger partial charge on any atom is -0.478 e. The molecule has 20 heavy (non-hydrogen) atoms. The fourth-order valence-electron chi connectivity index (χ4n) is 1.73. The van der Waals surface area contributed by atoms with Crippen LogP contribution in [-0.2, 0) is 6.18 Å². The number of aromatic nitrogens is 1. The lowest BCUT2D eigenvalue weighted by Crippen LogP contribution is -2.08. The zero-order chi connectivity index (χ0) is 14.9. The third kappa shape index (κ3) is 2.61. The monoisotopic (exact) mass is 285 g/mol. The maximum absolute atomic E-state index is 13.3. The Morgan fingerprint density at radius 2 is 1.90 bits per heavy atom. The maximum Gasteiger partial charge on any atom is 0.417 e. The van der Waals surface area contributed by atoms with Crippen LogP contribution in [0.25, 0.3) is 11.1 Å². The second-order valence-electron chi connectivity index (χ2n) is 3.92. The summed E-state index contributed by atoms with van der Waals surface area (Å²) in [7, 11) is 0. The standard InChI is InChI=1S/C13H7F4NO2/c14-11-2-1-7(5-8(11)12(19)20)9-6-18-4-3-10(9)13(15,16)17/h1-6H,(H,19,20). The van der Waals surface area contributed by atoms with Crippen molar-refractivity contribution < 1.29 is 27.5 Å². The molecule has 0 aliphatic carbocycles. The van der Waals surface area contributed by atoms with E-state index < -0.39 is 29.1 Å². The maximum atomic E-state index is 13.3. The topological polar surface area (TPSA) is 50.2 Å². The fraction of sp³-hybridized carbons (Fsp3) is 0.0769. The Morgan fingerprint density at radius 1 is 1.20 bits per heavy atom. The van der Waals surface area contributed by atoms with Gasteiger partial charge >= 0.3 is 12.1 Å². The van der Waals surface area contributed by atoms with Crippen LogP contribution in [0.15, 0.2) is 36.7 Å². The molecule has 0 atom stereocenters. The van der Waals surface area contributed by atoms with Crippen molar-refractivity contribution in [3.63, 3.8) is 0 Å². The summed E-state index contributed by atoms with van der Waals surface area (Å²) in [5.41, 5.74) is -2.03. The molecule has 0 amide bonds. The van der Waals surface area contributed by atoms with Crippen LogP contribution >= 0.6 is 0 Å². The zero-order valence-corrected chi connectivity index (χ0v) is 9.78. The fourth-order valence-corrected chi connectivity index (χ4v) is 1.73. The zero-order valence-electron chi connectivity index (χ0n) is 9.78. The van der Waals surface area contributed by atoms with E-state index in [1.54, 1.807) is 0 Å². The number of pyridine rings is 1. The minimum absolute atomic E-state index is 0.0655. The molecule has 0 fully saturated rings. The van der Waals surface area contributed by atoms with Gasteiger partial charge in [0.15, 0.2) is 0 Å². The average molecular weight is 285 g/mol. The van der Waals surface area contributed by atoms with Crippen LogP contribution < -0.4 is 0 Å². The van der Waals surface area contributed by atoms with E-state index in [1.807, 2.05) is 0 Å². The second-order valence-corrected chi connectivity index (χ2v) is 3.92. The van der Waals surface area contributed by atoms with Gasteiger partial charge < -0.3 is 5.11 Å². The van der Waals surface area contributed by atoms with E-state index in [0.717, 1.165) is 36.7 Å². The quantitative estimate of drug-likeness (QED) is 0.858. The van der Waals surface area contributed by atoms with E-state index in [1.165, 1.54) is 0 Å². The highest BCUT2D eigenvalue weighted by Gasteiger charge is 2.33. The molecular weight excluding hydrogens is 278 g/mol. The number of carboxylic acids is 1. The normalized spacial score (nSPS) is 11.4. The molecule has 104 valence electrons. The van der Waals surface area contributed by atoms with Crippen molar-refractivity contribution in [2.75, 3.05) is 0 Å². The molecule has 3 nitrogen and oxygen atoms in total. The highest BCUT2D eigenvalue weighted by atomic mass is 19.4. The first kappa shape index (κ1) is 14.0. The highest BCUT2D eigenvalue weighted by molar-refractivity contribution is 5.90. The predicted octanol–water partition coefficient (Wildman–Crippen LogP) is 3.60. The first-order valence-electron chi connectivity index (χ1n) is 5.35. The minimum atomic E-state index is -4.62. The Labute approximate surface area is 110 Å². The number of hydrogen-bond donors (Lipinski definition) is 1. The third-order valence-corrected chi connectivity index (χ3v) is 2.63. The molecule has 1 aromatic carbocycles. The number of aromatic carboxylic acids is 1. The Hall–Kier alpha value is -2.44. The highest BCUT2D eigenvalue weighted by Crippen LogP contribution is 2.36. The summed E-state index contributed by atoms with van der Waals surface area (Å²) in [5, 5.41) is 8.79. The molecule has 0 aliphatic heterocycles. The molecule has 1 N–H and O–H groups in total. The van der Waals surface area contributed by atoms with E-state index in [2.05, 4.69) is 4.98 Å². The lowest BCUT2D eigenvalue weighted by Gasteiger charge is -2.12. The van der Waals surface area contributed by atoms with Crippen LogP contribution in [0.2, 0.25) is 0 Å². The first-order chi connectivity index (χ1) is 9.30. The van der Waals surface area contributed by atoms with Gasteiger partial charge in [-0.25, -0.2) is 9.18 Å². The summed E-state index contributed by atoms with van der Waals surface area (Å²) in [6.45, 7) is 0. The van der Waals surface area contributed by atoms with Crippen LogP contribution in [0.5, 0.6) is 0 Å². The lowest BCUT2D eigenvalue weighted by atomic mass is 9.99. The van der Waals surface area contributed by atoms with E-state index >= 15 is 0 Å². The van der Waals surface area contributed by atoms with Crippen LogP contribution in [0.1, 0.15) is 15.9 Å². The summed E-state index contributed by atoms with van der Waals surface area (Å²) >= 11 is 0. The Morgan fingerprint density at radius 3 is 2.50 bits per heavy atom. The largest absolute Gasteiger partial charge is 0.478 e.